The minimum atomic E-state index is -4.99. The van der Waals surface area contributed by atoms with Crippen LogP contribution in [0, 0.1) is 0 Å². The first-order chi connectivity index (χ1) is 21.0. The van der Waals surface area contributed by atoms with Crippen LogP contribution in [0.5, 0.6) is 11.5 Å². The predicted molar refractivity (Wildman–Crippen MR) is 157 cm³/mol. The van der Waals surface area contributed by atoms with E-state index in [-0.39, 0.29) is 36.4 Å². The molecule has 10 nitrogen and oxygen atoms in total. The minimum absolute atomic E-state index is 0.0288. The molecule has 0 saturated heterocycles. The predicted octanol–water partition coefficient (Wildman–Crippen LogP) is 4.89. The molecule has 1 aromatic heterocycles. The van der Waals surface area contributed by atoms with Gasteiger partial charge in [0.25, 0.3) is 0 Å². The van der Waals surface area contributed by atoms with E-state index in [9.17, 15) is 21.6 Å². The molecule has 0 spiro atoms. The Bertz CT molecular complexity index is 1690. The van der Waals surface area contributed by atoms with Crippen LogP contribution in [0.1, 0.15) is 53.9 Å². The number of nitrogens with zero attached hydrogens (tertiary/aromatic N) is 4. The summed E-state index contributed by atoms with van der Waals surface area (Å²) in [6.07, 6.45) is -2.52. The number of ether oxygens (including phenoxy) is 2. The number of sulfonamides is 1. The molecule has 0 radical (unpaired) electrons. The van der Waals surface area contributed by atoms with Crippen LogP contribution >= 0.6 is 0 Å². The van der Waals surface area contributed by atoms with Crippen molar-refractivity contribution in [2.45, 2.75) is 61.8 Å². The fourth-order valence-electron chi connectivity index (χ4n) is 5.49. The summed E-state index contributed by atoms with van der Waals surface area (Å²) in [4.78, 5) is -0.906. The zero-order valence-electron chi connectivity index (χ0n) is 24.2. The first kappa shape index (κ1) is 31.4. The molecule has 1 aliphatic carbocycles. The molecule has 44 heavy (non-hydrogen) atoms. The molecular weight excluding hydrogens is 597 g/mol. The van der Waals surface area contributed by atoms with Gasteiger partial charge in [0.1, 0.15) is 16.4 Å². The van der Waals surface area contributed by atoms with Crippen LogP contribution in [0.4, 0.5) is 13.2 Å². The highest BCUT2D eigenvalue weighted by Crippen LogP contribution is 2.45. The molecule has 0 amide bonds. The van der Waals surface area contributed by atoms with Gasteiger partial charge in [-0.25, -0.2) is 17.8 Å². The van der Waals surface area contributed by atoms with Crippen LogP contribution in [-0.2, 0) is 29.3 Å². The largest absolute Gasteiger partial charge is 0.497 e. The second-order valence-corrected chi connectivity index (χ2v) is 12.4. The number of nitrogens with two attached hydrogens (primary N) is 1. The molecule has 234 valence electrons. The summed E-state index contributed by atoms with van der Waals surface area (Å²) in [7, 11) is -1.74. The van der Waals surface area contributed by atoms with Crippen molar-refractivity contribution in [2.75, 3.05) is 14.2 Å². The quantitative estimate of drug-likeness (QED) is 0.253. The second-order valence-electron chi connectivity index (χ2n) is 10.7. The van der Waals surface area contributed by atoms with Gasteiger partial charge in [-0.1, -0.05) is 30.3 Å². The Kier molecular flexibility index (Phi) is 9.23. The normalized spacial score (nSPS) is 17.4. The third kappa shape index (κ3) is 6.87. The lowest BCUT2D eigenvalue weighted by atomic mass is 9.79. The zero-order chi connectivity index (χ0) is 31.5. The summed E-state index contributed by atoms with van der Waals surface area (Å²) in [6.45, 7) is -0.168. The molecule has 0 bridgehead atoms. The van der Waals surface area contributed by atoms with Crippen molar-refractivity contribution in [3.8, 4) is 22.9 Å². The lowest BCUT2D eigenvalue weighted by Crippen LogP contribution is -2.29. The third-order valence-corrected chi connectivity index (χ3v) is 9.33. The number of methoxy groups -OCH3 is 2. The van der Waals surface area contributed by atoms with Gasteiger partial charge in [-0.05, 0) is 89.1 Å². The van der Waals surface area contributed by atoms with E-state index in [2.05, 4.69) is 20.2 Å². The van der Waals surface area contributed by atoms with E-state index in [1.165, 1.54) is 25.0 Å². The maximum absolute atomic E-state index is 14.6. The van der Waals surface area contributed by atoms with Gasteiger partial charge in [-0.2, -0.15) is 13.2 Å². The fourth-order valence-corrected chi connectivity index (χ4v) is 6.94. The van der Waals surface area contributed by atoms with E-state index < -0.39 is 26.7 Å². The number of alkyl halides is 3. The number of hydrogen-bond donors (Lipinski definition) is 2. The zero-order valence-corrected chi connectivity index (χ0v) is 25.0. The minimum Gasteiger partial charge on any atom is -0.497 e. The van der Waals surface area contributed by atoms with Gasteiger partial charge < -0.3 is 15.2 Å². The lowest BCUT2D eigenvalue weighted by Gasteiger charge is -2.29. The number of rotatable bonds is 10. The van der Waals surface area contributed by atoms with Gasteiger partial charge in [-0.15, -0.1) is 5.10 Å². The highest BCUT2D eigenvalue weighted by molar-refractivity contribution is 7.89. The average Bonchev–Trinajstić information content (AvgIpc) is 3.47. The lowest BCUT2D eigenvalue weighted by molar-refractivity contribution is -0.139. The van der Waals surface area contributed by atoms with Crippen molar-refractivity contribution >= 4 is 10.0 Å². The molecule has 1 aliphatic rings. The number of hydrogen-bond acceptors (Lipinski definition) is 8. The first-order valence-electron chi connectivity index (χ1n) is 14.0. The topological polar surface area (TPSA) is 134 Å². The van der Waals surface area contributed by atoms with E-state index in [0.717, 1.165) is 11.6 Å². The summed E-state index contributed by atoms with van der Waals surface area (Å²) < 4.78 is 85.8. The van der Waals surface area contributed by atoms with Crippen molar-refractivity contribution in [3.05, 3.63) is 82.9 Å². The Morgan fingerprint density at radius 3 is 2.07 bits per heavy atom. The van der Waals surface area contributed by atoms with Crippen molar-refractivity contribution in [2.24, 2.45) is 5.73 Å². The molecule has 0 aliphatic heterocycles. The van der Waals surface area contributed by atoms with E-state index in [1.807, 2.05) is 0 Å². The summed E-state index contributed by atoms with van der Waals surface area (Å²) in [5.41, 5.74) is 6.36. The number of tetrazole rings is 1. The summed E-state index contributed by atoms with van der Waals surface area (Å²) >= 11 is 0. The number of aromatic nitrogens is 4. The second kappa shape index (κ2) is 12.9. The molecule has 3 N–H and O–H groups in total. The molecule has 5 rings (SSSR count). The van der Waals surface area contributed by atoms with E-state index in [0.29, 0.717) is 48.3 Å². The molecular formula is C30H33F3N6O4S. The van der Waals surface area contributed by atoms with Gasteiger partial charge in [0.05, 0.1) is 26.3 Å². The van der Waals surface area contributed by atoms with E-state index in [1.54, 1.807) is 48.5 Å². The Balaban J connectivity index is 1.66. The van der Waals surface area contributed by atoms with Crippen LogP contribution in [-0.4, -0.2) is 48.9 Å². The Morgan fingerprint density at radius 2 is 1.50 bits per heavy atom. The van der Waals surface area contributed by atoms with Crippen LogP contribution in [0.3, 0.4) is 0 Å². The molecule has 1 saturated carbocycles. The van der Waals surface area contributed by atoms with Gasteiger partial charge >= 0.3 is 6.18 Å². The standard InChI is InChI=1S/C30H33F3N6O4S/c1-42-23-11-3-19(4-12-23)17-35-44(40,41)28-26(30(31,32)33)16-15-25(21-7-9-22(34)10-8-21)27(28)29-36-37-38-39(29)18-20-5-13-24(43-2)14-6-20/h3-6,11-16,21-22,35H,7-10,17-18,34H2,1-2H3/t21-,22-. The average molecular weight is 631 g/mol. The van der Waals surface area contributed by atoms with Crippen LogP contribution in [0.2, 0.25) is 0 Å². The van der Waals surface area contributed by atoms with Crippen molar-refractivity contribution < 1.29 is 31.1 Å². The molecule has 14 heteroatoms. The smallest absolute Gasteiger partial charge is 0.417 e. The Hall–Kier alpha value is -4.01. The monoisotopic (exact) mass is 630 g/mol. The molecule has 0 atom stereocenters. The molecule has 3 aromatic carbocycles. The van der Waals surface area contributed by atoms with Crippen molar-refractivity contribution in [1.82, 2.24) is 24.9 Å². The fraction of sp³-hybridized carbons (Fsp3) is 0.367. The molecule has 1 heterocycles. The highest BCUT2D eigenvalue weighted by atomic mass is 32.2. The van der Waals surface area contributed by atoms with Gasteiger partial charge in [0.15, 0.2) is 5.82 Å². The summed E-state index contributed by atoms with van der Waals surface area (Å²) in [6, 6.07) is 15.7. The highest BCUT2D eigenvalue weighted by Gasteiger charge is 2.42. The van der Waals surface area contributed by atoms with E-state index >= 15 is 0 Å². The van der Waals surface area contributed by atoms with Crippen molar-refractivity contribution in [3.63, 3.8) is 0 Å². The first-order valence-corrected chi connectivity index (χ1v) is 15.5. The SMILES string of the molecule is COc1ccc(CNS(=O)(=O)c2c(C(F)(F)F)ccc([C@H]3CC[C@H](N)CC3)c2-c2nnnn2Cc2ccc(OC)cc2)cc1. The summed E-state index contributed by atoms with van der Waals surface area (Å²) in [5.74, 6) is 0.856. The van der Waals surface area contributed by atoms with E-state index in [4.69, 9.17) is 15.2 Å². The maximum Gasteiger partial charge on any atom is 0.417 e. The van der Waals surface area contributed by atoms with Gasteiger partial charge in [0, 0.05) is 18.2 Å². The van der Waals surface area contributed by atoms with Crippen LogP contribution in [0.15, 0.2) is 65.6 Å². The van der Waals surface area contributed by atoms with Crippen LogP contribution in [0.25, 0.3) is 11.4 Å². The van der Waals surface area contributed by atoms with Gasteiger partial charge in [0.2, 0.25) is 10.0 Å². The van der Waals surface area contributed by atoms with Gasteiger partial charge in [-0.3, -0.25) is 0 Å². The molecule has 1 fully saturated rings. The number of halogens is 3. The Morgan fingerprint density at radius 1 is 0.909 bits per heavy atom. The van der Waals surface area contributed by atoms with Crippen molar-refractivity contribution in [1.29, 1.82) is 0 Å². The maximum atomic E-state index is 14.6. The Labute approximate surface area is 253 Å². The third-order valence-electron chi connectivity index (χ3n) is 7.85. The summed E-state index contributed by atoms with van der Waals surface area (Å²) in [5, 5.41) is 11.9. The molecule has 4 aromatic rings. The molecule has 0 unspecified atom stereocenters. The number of nitrogens with one attached hydrogen (secondary N) is 1. The number of benzene rings is 3. The van der Waals surface area contributed by atoms with Crippen LogP contribution < -0.4 is 19.9 Å².